The molecule has 0 saturated heterocycles. The van der Waals surface area contributed by atoms with Crippen molar-refractivity contribution in [3.8, 4) is 0 Å². The van der Waals surface area contributed by atoms with Crippen LogP contribution in [0.4, 0.5) is 0 Å². The van der Waals surface area contributed by atoms with Crippen LogP contribution in [0.3, 0.4) is 0 Å². The third-order valence-corrected chi connectivity index (χ3v) is 3.08. The van der Waals surface area contributed by atoms with Crippen LogP contribution in [0.5, 0.6) is 0 Å². The molecule has 0 saturated carbocycles. The summed E-state index contributed by atoms with van der Waals surface area (Å²) in [6.07, 6.45) is 1.66. The predicted octanol–water partition coefficient (Wildman–Crippen LogP) is 1.48. The molecule has 0 aliphatic heterocycles. The van der Waals surface area contributed by atoms with E-state index in [2.05, 4.69) is 20.9 Å². The zero-order valence-corrected chi connectivity index (χ0v) is 9.94. The number of fused-ring (bicyclic) bond motifs is 1. The molecule has 1 aromatic carbocycles. The first-order chi connectivity index (χ1) is 7.61. The average Bonchev–Trinajstić information content (AvgIpc) is 2.29. The second kappa shape index (κ2) is 4.19. The van der Waals surface area contributed by atoms with Crippen molar-refractivity contribution in [3.05, 3.63) is 40.5 Å². The lowest BCUT2D eigenvalue weighted by atomic mass is 10.0. The van der Waals surface area contributed by atoms with Crippen LogP contribution in [-0.2, 0) is 4.79 Å². The van der Waals surface area contributed by atoms with Crippen molar-refractivity contribution in [1.82, 2.24) is 4.98 Å². The van der Waals surface area contributed by atoms with Crippen LogP contribution in [0.15, 0.2) is 34.9 Å². The number of primary amides is 1. The van der Waals surface area contributed by atoms with Gasteiger partial charge in [0.15, 0.2) is 0 Å². The average molecular weight is 280 g/mol. The van der Waals surface area contributed by atoms with Gasteiger partial charge < -0.3 is 11.5 Å². The molecule has 0 spiro atoms. The Labute approximate surface area is 101 Å². The summed E-state index contributed by atoms with van der Waals surface area (Å²) in [4.78, 5) is 15.3. The van der Waals surface area contributed by atoms with Crippen molar-refractivity contribution in [3.63, 3.8) is 0 Å². The zero-order chi connectivity index (χ0) is 11.7. The Morgan fingerprint density at radius 2 is 2.12 bits per heavy atom. The lowest BCUT2D eigenvalue weighted by Gasteiger charge is -2.11. The van der Waals surface area contributed by atoms with Gasteiger partial charge in [-0.15, -0.1) is 0 Å². The molecule has 1 heterocycles. The first-order valence-electron chi connectivity index (χ1n) is 4.69. The van der Waals surface area contributed by atoms with Gasteiger partial charge in [0.05, 0.1) is 5.52 Å². The second-order valence-electron chi connectivity index (χ2n) is 3.42. The van der Waals surface area contributed by atoms with E-state index in [1.165, 1.54) is 0 Å². The fourth-order valence-corrected chi connectivity index (χ4v) is 2.02. The van der Waals surface area contributed by atoms with Gasteiger partial charge >= 0.3 is 0 Å². The Morgan fingerprint density at radius 3 is 2.81 bits per heavy atom. The van der Waals surface area contributed by atoms with Crippen LogP contribution in [0.2, 0.25) is 0 Å². The lowest BCUT2D eigenvalue weighted by molar-refractivity contribution is -0.119. The molecule has 82 valence electrons. The number of hydrogen-bond acceptors (Lipinski definition) is 3. The second-order valence-corrected chi connectivity index (χ2v) is 4.27. The van der Waals surface area contributed by atoms with Crippen LogP contribution >= 0.6 is 15.9 Å². The number of pyridine rings is 1. The maximum absolute atomic E-state index is 11.1. The van der Waals surface area contributed by atoms with E-state index in [9.17, 15) is 4.79 Å². The molecule has 4 N–H and O–H groups in total. The van der Waals surface area contributed by atoms with Gasteiger partial charge in [0, 0.05) is 21.6 Å². The molecular weight excluding hydrogens is 270 g/mol. The molecule has 4 nitrogen and oxygen atoms in total. The van der Waals surface area contributed by atoms with Crippen molar-refractivity contribution in [2.75, 3.05) is 0 Å². The van der Waals surface area contributed by atoms with Gasteiger partial charge in [-0.05, 0) is 12.1 Å². The van der Waals surface area contributed by atoms with Crippen molar-refractivity contribution in [2.45, 2.75) is 6.04 Å². The molecule has 0 aliphatic rings. The molecule has 16 heavy (non-hydrogen) atoms. The monoisotopic (exact) mass is 279 g/mol. The normalized spacial score (nSPS) is 12.6. The largest absolute Gasteiger partial charge is 0.368 e. The molecular formula is C11H10BrN3O. The lowest BCUT2D eigenvalue weighted by Crippen LogP contribution is -2.28. The van der Waals surface area contributed by atoms with Crippen LogP contribution in [-0.4, -0.2) is 10.9 Å². The van der Waals surface area contributed by atoms with Gasteiger partial charge in [0.25, 0.3) is 0 Å². The molecule has 0 aliphatic carbocycles. The maximum atomic E-state index is 11.1. The summed E-state index contributed by atoms with van der Waals surface area (Å²) in [5, 5.41) is 0.914. The quantitative estimate of drug-likeness (QED) is 0.874. The molecule has 0 radical (unpaired) electrons. The summed E-state index contributed by atoms with van der Waals surface area (Å²) in [7, 11) is 0. The molecule has 2 aromatic rings. The Balaban J connectivity index is 2.72. The van der Waals surface area contributed by atoms with E-state index in [0.717, 1.165) is 9.86 Å². The van der Waals surface area contributed by atoms with Crippen LogP contribution in [0, 0.1) is 0 Å². The van der Waals surface area contributed by atoms with E-state index in [1.807, 2.05) is 18.2 Å². The number of amides is 1. The Kier molecular flexibility index (Phi) is 2.89. The predicted molar refractivity (Wildman–Crippen MR) is 65.6 cm³/mol. The molecule has 0 fully saturated rings. The van der Waals surface area contributed by atoms with Crippen molar-refractivity contribution < 1.29 is 4.79 Å². The van der Waals surface area contributed by atoms with E-state index in [0.29, 0.717) is 11.1 Å². The standard InChI is InChI=1S/C11H10BrN3O/c12-8-4-3-7(9(13)11(14)16)10-6(8)2-1-5-15-10/h1-5,9H,13H2,(H2,14,16). The molecule has 0 bridgehead atoms. The SMILES string of the molecule is NC(=O)C(N)c1ccc(Br)c2cccnc12. The van der Waals surface area contributed by atoms with E-state index in [4.69, 9.17) is 11.5 Å². The smallest absolute Gasteiger partial charge is 0.239 e. The van der Waals surface area contributed by atoms with Crippen LogP contribution < -0.4 is 11.5 Å². The van der Waals surface area contributed by atoms with Gasteiger partial charge in [0.2, 0.25) is 5.91 Å². The van der Waals surface area contributed by atoms with Crippen molar-refractivity contribution in [2.24, 2.45) is 11.5 Å². The molecule has 1 atom stereocenters. The minimum atomic E-state index is -0.828. The number of carbonyl (C=O) groups is 1. The first kappa shape index (κ1) is 11.0. The highest BCUT2D eigenvalue weighted by molar-refractivity contribution is 9.10. The van der Waals surface area contributed by atoms with Crippen molar-refractivity contribution in [1.29, 1.82) is 0 Å². The highest BCUT2D eigenvalue weighted by Crippen LogP contribution is 2.27. The number of carbonyl (C=O) groups excluding carboxylic acids is 1. The molecule has 2 rings (SSSR count). The molecule has 5 heteroatoms. The van der Waals surface area contributed by atoms with Crippen LogP contribution in [0.1, 0.15) is 11.6 Å². The van der Waals surface area contributed by atoms with Gasteiger partial charge in [0.1, 0.15) is 6.04 Å². The summed E-state index contributed by atoms with van der Waals surface area (Å²) in [6, 6.07) is 6.50. The number of aromatic nitrogens is 1. The maximum Gasteiger partial charge on any atom is 0.239 e. The summed E-state index contributed by atoms with van der Waals surface area (Å²) in [5.74, 6) is -0.561. The van der Waals surface area contributed by atoms with Crippen molar-refractivity contribution >= 4 is 32.7 Å². The topological polar surface area (TPSA) is 82.0 Å². The Morgan fingerprint density at radius 1 is 1.38 bits per heavy atom. The Bertz CT molecular complexity index is 556. The highest BCUT2D eigenvalue weighted by Gasteiger charge is 2.16. The summed E-state index contributed by atoms with van der Waals surface area (Å²) in [6.45, 7) is 0. The third kappa shape index (κ3) is 1.79. The fraction of sp³-hybridized carbons (Fsp3) is 0.0909. The number of nitrogens with zero attached hydrogens (tertiary/aromatic N) is 1. The first-order valence-corrected chi connectivity index (χ1v) is 5.48. The van der Waals surface area contributed by atoms with Gasteiger partial charge in [-0.25, -0.2) is 0 Å². The third-order valence-electron chi connectivity index (χ3n) is 2.39. The minimum Gasteiger partial charge on any atom is -0.368 e. The van der Waals surface area contributed by atoms with E-state index < -0.39 is 11.9 Å². The highest BCUT2D eigenvalue weighted by atomic mass is 79.9. The van der Waals surface area contributed by atoms with Gasteiger partial charge in [-0.2, -0.15) is 0 Å². The minimum absolute atomic E-state index is 0.561. The molecule has 1 unspecified atom stereocenters. The van der Waals surface area contributed by atoms with Gasteiger partial charge in [-0.1, -0.05) is 28.1 Å². The fourth-order valence-electron chi connectivity index (χ4n) is 1.56. The number of nitrogens with two attached hydrogens (primary N) is 2. The summed E-state index contributed by atoms with van der Waals surface area (Å²) in [5.41, 5.74) is 12.3. The van der Waals surface area contributed by atoms with E-state index in [1.54, 1.807) is 12.3 Å². The molecule has 1 amide bonds. The molecule has 1 aromatic heterocycles. The number of halogens is 1. The number of benzene rings is 1. The van der Waals surface area contributed by atoms with E-state index >= 15 is 0 Å². The Hall–Kier alpha value is -1.46. The zero-order valence-electron chi connectivity index (χ0n) is 8.35. The van der Waals surface area contributed by atoms with Gasteiger partial charge in [-0.3, -0.25) is 9.78 Å². The van der Waals surface area contributed by atoms with Crippen LogP contribution in [0.25, 0.3) is 10.9 Å². The van der Waals surface area contributed by atoms with E-state index in [-0.39, 0.29) is 0 Å². The number of rotatable bonds is 2. The number of hydrogen-bond donors (Lipinski definition) is 2. The summed E-state index contributed by atoms with van der Waals surface area (Å²) >= 11 is 3.42. The summed E-state index contributed by atoms with van der Waals surface area (Å²) < 4.78 is 0.913.